The molecule has 2 aromatic rings. The van der Waals surface area contributed by atoms with E-state index in [1.54, 1.807) is 18.2 Å². The quantitative estimate of drug-likeness (QED) is 0.591. The number of hydrogen-bond acceptors (Lipinski definition) is 9. The molecule has 2 aromatic heterocycles. The van der Waals surface area contributed by atoms with Gasteiger partial charge in [-0.3, -0.25) is 0 Å². The first kappa shape index (κ1) is 25.7. The zero-order valence-electron chi connectivity index (χ0n) is 17.8. The maximum absolute atomic E-state index is 10.9. The van der Waals surface area contributed by atoms with Gasteiger partial charge < -0.3 is 29.5 Å². The van der Waals surface area contributed by atoms with E-state index in [0.29, 0.717) is 18.9 Å². The minimum absolute atomic E-state index is 0.0824. The van der Waals surface area contributed by atoms with Crippen LogP contribution in [-0.2, 0) is 14.2 Å². The molecule has 0 bridgehead atoms. The molecule has 0 saturated carbocycles. The van der Waals surface area contributed by atoms with Crippen LogP contribution in [0.4, 0.5) is 5.69 Å². The lowest BCUT2D eigenvalue weighted by molar-refractivity contribution is 0.0593. The number of hydrogen-bond donors (Lipinski definition) is 2. The van der Waals surface area contributed by atoms with E-state index in [1.807, 2.05) is 6.07 Å². The largest absolute Gasteiger partial charge is 0.477 e. The van der Waals surface area contributed by atoms with Crippen LogP contribution in [0, 0.1) is 0 Å². The van der Waals surface area contributed by atoms with Crippen molar-refractivity contribution in [3.63, 3.8) is 0 Å². The van der Waals surface area contributed by atoms with E-state index < -0.39 is 11.9 Å². The number of halogens is 1. The van der Waals surface area contributed by atoms with Crippen molar-refractivity contribution >= 4 is 33.6 Å². The molecular formula is C21H27BrN4O6. The highest BCUT2D eigenvalue weighted by Crippen LogP contribution is 2.15. The van der Waals surface area contributed by atoms with Gasteiger partial charge in [0.05, 0.1) is 33.5 Å². The third-order valence-electron chi connectivity index (χ3n) is 4.30. The number of nitrogens with zero attached hydrogens (tertiary/aromatic N) is 3. The number of anilines is 1. The van der Waals surface area contributed by atoms with E-state index in [1.165, 1.54) is 19.5 Å². The van der Waals surface area contributed by atoms with Crippen LogP contribution in [0.15, 0.2) is 41.1 Å². The van der Waals surface area contributed by atoms with Gasteiger partial charge in [-0.1, -0.05) is 15.9 Å². The van der Waals surface area contributed by atoms with Crippen molar-refractivity contribution in [2.75, 3.05) is 64.6 Å². The molecule has 10 nitrogen and oxygen atoms in total. The first-order valence-corrected chi connectivity index (χ1v) is 10.8. The lowest BCUT2D eigenvalue weighted by atomic mass is 10.2. The lowest BCUT2D eigenvalue weighted by Crippen LogP contribution is -2.36. The second kappa shape index (κ2) is 14.5. The summed E-state index contributed by atoms with van der Waals surface area (Å²) >= 11 is 3.21. The molecule has 0 amide bonds. The van der Waals surface area contributed by atoms with Crippen LogP contribution >= 0.6 is 15.9 Å². The predicted octanol–water partition coefficient (Wildman–Crippen LogP) is 1.85. The summed E-state index contributed by atoms with van der Waals surface area (Å²) in [7, 11) is 1.32. The summed E-state index contributed by atoms with van der Waals surface area (Å²) in [5, 5.41) is 12.0. The molecule has 11 heteroatoms. The summed E-state index contributed by atoms with van der Waals surface area (Å²) in [6, 6.07) is 6.75. The van der Waals surface area contributed by atoms with E-state index >= 15 is 0 Å². The lowest BCUT2D eigenvalue weighted by Gasteiger charge is -2.28. The Morgan fingerprint density at radius 2 is 1.66 bits per heavy atom. The Bertz CT molecular complexity index is 848. The highest BCUT2D eigenvalue weighted by atomic mass is 79.9. The third kappa shape index (κ3) is 9.27. The Kier molecular flexibility index (Phi) is 11.6. The summed E-state index contributed by atoms with van der Waals surface area (Å²) in [5.74, 6) is -1.42. The molecule has 174 valence electrons. The molecule has 2 aliphatic rings. The molecule has 2 fully saturated rings. The fraction of sp³-hybridized carbons (Fsp3) is 0.429. The predicted molar refractivity (Wildman–Crippen MR) is 121 cm³/mol. The van der Waals surface area contributed by atoms with Crippen molar-refractivity contribution in [1.29, 1.82) is 0 Å². The first-order valence-electron chi connectivity index (χ1n) is 10.0. The average molecular weight is 511 g/mol. The number of aromatic nitrogens is 2. The topological polar surface area (TPSA) is 123 Å². The van der Waals surface area contributed by atoms with Gasteiger partial charge in [-0.25, -0.2) is 19.6 Å². The summed E-state index contributed by atoms with van der Waals surface area (Å²) in [6.07, 6.45) is 3.06. The molecule has 2 saturated heterocycles. The van der Waals surface area contributed by atoms with Crippen molar-refractivity contribution in [3.05, 3.63) is 52.5 Å². The van der Waals surface area contributed by atoms with Crippen molar-refractivity contribution in [3.8, 4) is 0 Å². The zero-order chi connectivity index (χ0) is 23.2. The minimum atomic E-state index is -0.995. The Labute approximate surface area is 195 Å². The Morgan fingerprint density at radius 1 is 1.03 bits per heavy atom. The summed E-state index contributed by atoms with van der Waals surface area (Å²) in [5.41, 5.74) is 1.28. The van der Waals surface area contributed by atoms with Crippen molar-refractivity contribution < 1.29 is 28.9 Å². The molecule has 4 rings (SSSR count). The highest BCUT2D eigenvalue weighted by molar-refractivity contribution is 9.10. The Balaban J connectivity index is 0.000000187. The number of rotatable bonds is 3. The number of methoxy groups -OCH3 is 1. The fourth-order valence-electron chi connectivity index (χ4n) is 2.69. The summed E-state index contributed by atoms with van der Waals surface area (Å²) < 4.78 is 15.5. The van der Waals surface area contributed by atoms with Gasteiger partial charge in [0, 0.05) is 48.7 Å². The molecule has 0 spiro atoms. The van der Waals surface area contributed by atoms with Gasteiger partial charge in [-0.05, 0) is 24.3 Å². The number of carbonyl (C=O) groups is 2. The number of esters is 1. The van der Waals surface area contributed by atoms with Gasteiger partial charge >= 0.3 is 11.9 Å². The van der Waals surface area contributed by atoms with E-state index in [9.17, 15) is 9.59 Å². The molecule has 2 aliphatic heterocycles. The number of ether oxygens (including phenoxy) is 3. The molecule has 0 unspecified atom stereocenters. The SMILES string of the molecule is C1COCCN1.COC(=O)c1cc(Br)ccn1.O=C(O)c1cc(N2CCOCC2)ccn1. The number of nitrogens with one attached hydrogen (secondary N) is 1. The molecule has 0 aliphatic carbocycles. The second-order valence-electron chi connectivity index (χ2n) is 6.52. The van der Waals surface area contributed by atoms with Gasteiger partial charge in [0.15, 0.2) is 0 Å². The van der Waals surface area contributed by atoms with E-state index in [-0.39, 0.29) is 5.69 Å². The highest BCUT2D eigenvalue weighted by Gasteiger charge is 2.13. The second-order valence-corrected chi connectivity index (χ2v) is 7.43. The number of carboxylic acid groups (broad SMARTS) is 1. The maximum Gasteiger partial charge on any atom is 0.356 e. The molecule has 0 radical (unpaired) electrons. The summed E-state index contributed by atoms with van der Waals surface area (Å²) in [4.78, 5) is 31.3. The third-order valence-corrected chi connectivity index (χ3v) is 4.79. The van der Waals surface area contributed by atoms with Crippen molar-refractivity contribution in [1.82, 2.24) is 15.3 Å². The smallest absolute Gasteiger partial charge is 0.356 e. The van der Waals surface area contributed by atoms with Gasteiger partial charge in [0.2, 0.25) is 0 Å². The van der Waals surface area contributed by atoms with Gasteiger partial charge in [0.1, 0.15) is 11.4 Å². The first-order chi connectivity index (χ1) is 15.5. The Hall–Kier alpha value is -2.60. The van der Waals surface area contributed by atoms with Crippen LogP contribution < -0.4 is 10.2 Å². The number of morpholine rings is 2. The number of aromatic carboxylic acids is 1. The monoisotopic (exact) mass is 510 g/mol. The maximum atomic E-state index is 10.9. The van der Waals surface area contributed by atoms with Gasteiger partial charge in [-0.15, -0.1) is 0 Å². The molecule has 4 heterocycles. The van der Waals surface area contributed by atoms with E-state index in [4.69, 9.17) is 14.6 Å². The molecule has 0 atom stereocenters. The molecule has 32 heavy (non-hydrogen) atoms. The van der Waals surface area contributed by atoms with Crippen molar-refractivity contribution in [2.24, 2.45) is 0 Å². The van der Waals surface area contributed by atoms with Crippen LogP contribution in [-0.4, -0.2) is 86.7 Å². The van der Waals surface area contributed by atoms with E-state index in [2.05, 4.69) is 40.9 Å². The van der Waals surface area contributed by atoms with Crippen LogP contribution in [0.3, 0.4) is 0 Å². The molecule has 2 N–H and O–H groups in total. The summed E-state index contributed by atoms with van der Waals surface area (Å²) in [6.45, 7) is 6.79. The molecular weight excluding hydrogens is 484 g/mol. The van der Waals surface area contributed by atoms with Crippen LogP contribution in [0.1, 0.15) is 21.0 Å². The fourth-order valence-corrected chi connectivity index (χ4v) is 3.03. The normalized spacial score (nSPS) is 15.4. The van der Waals surface area contributed by atoms with Crippen molar-refractivity contribution in [2.45, 2.75) is 0 Å². The van der Waals surface area contributed by atoms with Crippen LogP contribution in [0.5, 0.6) is 0 Å². The number of carboxylic acids is 1. The minimum Gasteiger partial charge on any atom is -0.477 e. The molecule has 0 aromatic carbocycles. The zero-order valence-corrected chi connectivity index (χ0v) is 19.4. The number of carbonyl (C=O) groups excluding carboxylic acids is 1. The van der Waals surface area contributed by atoms with E-state index in [0.717, 1.165) is 49.6 Å². The number of pyridine rings is 2. The van der Waals surface area contributed by atoms with Gasteiger partial charge in [-0.2, -0.15) is 0 Å². The Morgan fingerprint density at radius 3 is 2.19 bits per heavy atom. The standard InChI is InChI=1S/C10H12N2O3.C7H6BrNO2.C4H9NO/c13-10(14)9-7-8(1-2-11-9)12-3-5-15-6-4-12;1-11-7(10)6-4-5(8)2-3-9-6;1-3-6-4-2-5-1/h1-2,7H,3-6H2,(H,13,14);2-4H,1H3;5H,1-4H2. The average Bonchev–Trinajstić information content (AvgIpc) is 2.86. The van der Waals surface area contributed by atoms with Crippen LogP contribution in [0.25, 0.3) is 0 Å². The van der Waals surface area contributed by atoms with Crippen LogP contribution in [0.2, 0.25) is 0 Å². The van der Waals surface area contributed by atoms with Gasteiger partial charge in [0.25, 0.3) is 0 Å².